The number of amides is 1. The van der Waals surface area contributed by atoms with Crippen LogP contribution in [0.15, 0.2) is 0 Å². The zero-order valence-electron chi connectivity index (χ0n) is 6.14. The molecule has 0 radical (unpaired) electrons. The SMILES string of the molecule is COCC(=O)CNC(C)=O. The van der Waals surface area contributed by atoms with Gasteiger partial charge in [0, 0.05) is 14.0 Å². The molecule has 58 valence electrons. The molecule has 0 aromatic rings. The lowest BCUT2D eigenvalue weighted by Crippen LogP contribution is -2.29. The molecule has 0 rings (SSSR count). The van der Waals surface area contributed by atoms with Gasteiger partial charge in [-0.05, 0) is 0 Å². The van der Waals surface area contributed by atoms with Gasteiger partial charge in [-0.2, -0.15) is 0 Å². The Labute approximate surface area is 59.6 Å². The van der Waals surface area contributed by atoms with Crippen molar-refractivity contribution in [3.05, 3.63) is 0 Å². The second-order valence-electron chi connectivity index (χ2n) is 1.88. The van der Waals surface area contributed by atoms with Crippen LogP contribution < -0.4 is 5.32 Å². The summed E-state index contributed by atoms with van der Waals surface area (Å²) in [7, 11) is 1.44. The van der Waals surface area contributed by atoms with E-state index in [1.165, 1.54) is 14.0 Å². The van der Waals surface area contributed by atoms with E-state index in [9.17, 15) is 9.59 Å². The molecule has 0 aliphatic rings. The van der Waals surface area contributed by atoms with Gasteiger partial charge in [0.25, 0.3) is 0 Å². The summed E-state index contributed by atoms with van der Waals surface area (Å²) in [6.45, 7) is 1.48. The number of hydrogen-bond acceptors (Lipinski definition) is 3. The summed E-state index contributed by atoms with van der Waals surface area (Å²) < 4.78 is 4.54. The fourth-order valence-corrected chi connectivity index (χ4v) is 0.435. The molecule has 4 nitrogen and oxygen atoms in total. The molecule has 0 saturated heterocycles. The van der Waals surface area contributed by atoms with Gasteiger partial charge in [-0.1, -0.05) is 0 Å². The summed E-state index contributed by atoms with van der Waals surface area (Å²) in [5.74, 6) is -0.331. The van der Waals surface area contributed by atoms with E-state index in [4.69, 9.17) is 0 Å². The van der Waals surface area contributed by atoms with Gasteiger partial charge >= 0.3 is 0 Å². The van der Waals surface area contributed by atoms with Crippen molar-refractivity contribution >= 4 is 11.7 Å². The molecule has 0 aromatic heterocycles. The van der Waals surface area contributed by atoms with Crippen molar-refractivity contribution in [2.24, 2.45) is 0 Å². The smallest absolute Gasteiger partial charge is 0.217 e. The molecule has 0 heterocycles. The fraction of sp³-hybridized carbons (Fsp3) is 0.667. The third kappa shape index (κ3) is 5.24. The summed E-state index contributed by atoms with van der Waals surface area (Å²) >= 11 is 0. The minimum Gasteiger partial charge on any atom is -0.377 e. The normalized spacial score (nSPS) is 9.00. The largest absolute Gasteiger partial charge is 0.377 e. The zero-order chi connectivity index (χ0) is 7.98. The molecule has 4 heteroatoms. The van der Waals surface area contributed by atoms with Gasteiger partial charge in [-0.15, -0.1) is 0 Å². The number of ether oxygens (including phenoxy) is 1. The first-order valence-corrected chi connectivity index (χ1v) is 2.92. The van der Waals surface area contributed by atoms with Crippen LogP contribution in [0.2, 0.25) is 0 Å². The number of Topliss-reactive ketones (excluding diaryl/α,β-unsaturated/α-hetero) is 1. The molecule has 0 spiro atoms. The van der Waals surface area contributed by atoms with Crippen molar-refractivity contribution < 1.29 is 14.3 Å². The minimum absolute atomic E-state index is 0.0558. The van der Waals surface area contributed by atoms with Crippen LogP contribution in [0.4, 0.5) is 0 Å². The average molecular weight is 145 g/mol. The average Bonchev–Trinajstić information content (AvgIpc) is 1.85. The van der Waals surface area contributed by atoms with Crippen molar-refractivity contribution in [1.82, 2.24) is 5.32 Å². The maximum atomic E-state index is 10.6. The number of carbonyl (C=O) groups excluding carboxylic acids is 2. The van der Waals surface area contributed by atoms with E-state index in [1.807, 2.05) is 0 Å². The highest BCUT2D eigenvalue weighted by Crippen LogP contribution is 1.71. The molecular weight excluding hydrogens is 134 g/mol. The second kappa shape index (κ2) is 4.93. The van der Waals surface area contributed by atoms with Crippen LogP contribution in [0.25, 0.3) is 0 Å². The van der Waals surface area contributed by atoms with Crippen molar-refractivity contribution in [2.45, 2.75) is 6.92 Å². The van der Waals surface area contributed by atoms with Gasteiger partial charge in [0.15, 0.2) is 5.78 Å². The van der Waals surface area contributed by atoms with Gasteiger partial charge in [-0.25, -0.2) is 0 Å². The Morgan fingerprint density at radius 2 is 2.10 bits per heavy atom. The van der Waals surface area contributed by atoms with Crippen LogP contribution >= 0.6 is 0 Å². The minimum atomic E-state index is -0.204. The molecule has 0 aliphatic carbocycles. The lowest BCUT2D eigenvalue weighted by atomic mass is 10.4. The predicted molar refractivity (Wildman–Crippen MR) is 35.6 cm³/mol. The molecule has 0 fully saturated rings. The third-order valence-corrected chi connectivity index (χ3v) is 0.840. The Kier molecular flexibility index (Phi) is 4.49. The van der Waals surface area contributed by atoms with E-state index in [-0.39, 0.29) is 24.8 Å². The number of nitrogens with one attached hydrogen (secondary N) is 1. The standard InChI is InChI=1S/C6H11NO3/c1-5(8)7-3-6(9)4-10-2/h3-4H2,1-2H3,(H,7,8). The number of hydrogen-bond donors (Lipinski definition) is 1. The number of methoxy groups -OCH3 is 1. The van der Waals surface area contributed by atoms with Gasteiger partial charge in [-0.3, -0.25) is 9.59 Å². The van der Waals surface area contributed by atoms with Gasteiger partial charge in [0.05, 0.1) is 6.54 Å². The first kappa shape index (κ1) is 9.10. The molecule has 0 atom stereocenters. The maximum Gasteiger partial charge on any atom is 0.217 e. The second-order valence-corrected chi connectivity index (χ2v) is 1.88. The maximum absolute atomic E-state index is 10.6. The highest BCUT2D eigenvalue weighted by Gasteiger charge is 1.99. The van der Waals surface area contributed by atoms with E-state index in [1.54, 1.807) is 0 Å². The van der Waals surface area contributed by atoms with Crippen molar-refractivity contribution in [3.63, 3.8) is 0 Å². The topological polar surface area (TPSA) is 55.4 Å². The monoisotopic (exact) mass is 145 g/mol. The van der Waals surface area contributed by atoms with Gasteiger partial charge in [0.2, 0.25) is 5.91 Å². The Morgan fingerprint density at radius 3 is 2.50 bits per heavy atom. The van der Waals surface area contributed by atoms with Crippen molar-refractivity contribution in [1.29, 1.82) is 0 Å². The summed E-state index contributed by atoms with van der Waals surface area (Å²) in [5.41, 5.74) is 0. The third-order valence-electron chi connectivity index (χ3n) is 0.840. The van der Waals surface area contributed by atoms with Crippen LogP contribution in [0.1, 0.15) is 6.92 Å². The molecule has 1 amide bonds. The fourth-order valence-electron chi connectivity index (χ4n) is 0.435. The van der Waals surface area contributed by atoms with E-state index < -0.39 is 0 Å². The van der Waals surface area contributed by atoms with E-state index in [2.05, 4.69) is 10.1 Å². The Hall–Kier alpha value is -0.900. The summed E-state index contributed by atoms with van der Waals surface area (Å²) in [4.78, 5) is 20.9. The Morgan fingerprint density at radius 1 is 1.50 bits per heavy atom. The van der Waals surface area contributed by atoms with E-state index in [0.29, 0.717) is 0 Å². The lowest BCUT2D eigenvalue weighted by molar-refractivity contribution is -0.125. The molecule has 1 N–H and O–H groups in total. The predicted octanol–water partition coefficient (Wildman–Crippen LogP) is -0.662. The lowest BCUT2D eigenvalue weighted by Gasteiger charge is -1.98. The summed E-state index contributed by atoms with van der Waals surface area (Å²) in [5, 5.41) is 2.36. The summed E-state index contributed by atoms with van der Waals surface area (Å²) in [6, 6.07) is 0. The molecule has 0 unspecified atom stereocenters. The Balaban J connectivity index is 3.30. The number of rotatable bonds is 4. The first-order valence-electron chi connectivity index (χ1n) is 2.92. The van der Waals surface area contributed by atoms with Crippen molar-refractivity contribution in [3.8, 4) is 0 Å². The number of ketones is 1. The number of carbonyl (C=O) groups is 2. The van der Waals surface area contributed by atoms with E-state index >= 15 is 0 Å². The van der Waals surface area contributed by atoms with E-state index in [0.717, 1.165) is 0 Å². The molecular formula is C6H11NO3. The zero-order valence-corrected chi connectivity index (χ0v) is 6.14. The highest BCUT2D eigenvalue weighted by molar-refractivity contribution is 5.85. The molecule has 0 saturated carbocycles. The highest BCUT2D eigenvalue weighted by atomic mass is 16.5. The first-order chi connectivity index (χ1) is 4.66. The van der Waals surface area contributed by atoms with Crippen LogP contribution in [0.3, 0.4) is 0 Å². The molecule has 0 bridgehead atoms. The van der Waals surface area contributed by atoms with Gasteiger partial charge < -0.3 is 10.1 Å². The van der Waals surface area contributed by atoms with Crippen molar-refractivity contribution in [2.75, 3.05) is 20.3 Å². The van der Waals surface area contributed by atoms with Crippen LogP contribution in [0, 0.1) is 0 Å². The molecule has 10 heavy (non-hydrogen) atoms. The Bertz CT molecular complexity index is 133. The van der Waals surface area contributed by atoms with Crippen LogP contribution in [-0.2, 0) is 14.3 Å². The quantitative estimate of drug-likeness (QED) is 0.571. The molecule has 0 aliphatic heterocycles. The van der Waals surface area contributed by atoms with Crippen LogP contribution in [-0.4, -0.2) is 32.0 Å². The summed E-state index contributed by atoms with van der Waals surface area (Å²) in [6.07, 6.45) is 0. The van der Waals surface area contributed by atoms with Crippen LogP contribution in [0.5, 0.6) is 0 Å². The molecule has 0 aromatic carbocycles. The van der Waals surface area contributed by atoms with Gasteiger partial charge in [0.1, 0.15) is 6.61 Å².